The number of ether oxygens (including phenoxy) is 2. The molecule has 2 N–H and O–H groups in total. The summed E-state index contributed by atoms with van der Waals surface area (Å²) in [4.78, 5) is 0. The molecule has 162 valence electrons. The van der Waals surface area contributed by atoms with E-state index in [1.165, 1.54) is 20.1 Å². The average Bonchev–Trinajstić information content (AvgIpc) is 3.45. The first-order valence-electron chi connectivity index (χ1n) is 10.5. The van der Waals surface area contributed by atoms with Gasteiger partial charge in [-0.1, -0.05) is 0 Å². The summed E-state index contributed by atoms with van der Waals surface area (Å²) in [5.41, 5.74) is 2.86. The molecule has 2 heterocycles. The molecule has 2 fully saturated rings. The van der Waals surface area contributed by atoms with E-state index in [-0.39, 0.29) is 10.8 Å². The minimum absolute atomic E-state index is 0.185. The van der Waals surface area contributed by atoms with Gasteiger partial charge in [-0.25, -0.2) is 0 Å². The van der Waals surface area contributed by atoms with Gasteiger partial charge >= 0.3 is 192 Å². The standard InChI is InChI=1S/C24H32N2O2Se2/c1-23(2,3)19-13-27-21(25-19)15-9-7-11-17(15)29-30-18-12-8-10-16(18)22-26-20(14-28-22)24(4,5)6/h7-12,19-20,25-26H,13-14H2,1-6H3/b21-15+,22-16+/t19-,20-/m1/s1. The van der Waals surface area contributed by atoms with E-state index >= 15 is 0 Å². The quantitative estimate of drug-likeness (QED) is 0.538. The van der Waals surface area contributed by atoms with E-state index in [2.05, 4.69) is 88.6 Å². The molecule has 2 saturated heterocycles. The van der Waals surface area contributed by atoms with E-state index in [9.17, 15) is 0 Å². The summed E-state index contributed by atoms with van der Waals surface area (Å²) in [5, 5.41) is 7.24. The molecule has 2 atom stereocenters. The van der Waals surface area contributed by atoms with Gasteiger partial charge in [0, 0.05) is 0 Å². The summed E-state index contributed by atoms with van der Waals surface area (Å²) in [5.74, 6) is 1.91. The monoisotopic (exact) mass is 540 g/mol. The first kappa shape index (κ1) is 21.9. The predicted molar refractivity (Wildman–Crippen MR) is 125 cm³/mol. The number of rotatable bonds is 3. The summed E-state index contributed by atoms with van der Waals surface area (Å²) in [7, 11) is 0. The van der Waals surface area contributed by atoms with Crippen molar-refractivity contribution in [1.29, 1.82) is 0 Å². The van der Waals surface area contributed by atoms with Crippen LogP contribution in [0.2, 0.25) is 0 Å². The molecule has 0 amide bonds. The van der Waals surface area contributed by atoms with Gasteiger partial charge in [-0.15, -0.1) is 0 Å². The van der Waals surface area contributed by atoms with Crippen molar-refractivity contribution < 1.29 is 9.47 Å². The van der Waals surface area contributed by atoms with Crippen LogP contribution in [0.1, 0.15) is 41.5 Å². The molecule has 4 rings (SSSR count). The van der Waals surface area contributed by atoms with Crippen LogP contribution in [0.15, 0.2) is 68.3 Å². The molecule has 30 heavy (non-hydrogen) atoms. The zero-order valence-corrected chi connectivity index (χ0v) is 22.1. The van der Waals surface area contributed by atoms with Crippen molar-refractivity contribution >= 4 is 26.3 Å². The molecule has 4 nitrogen and oxygen atoms in total. The first-order valence-corrected chi connectivity index (χ1v) is 16.6. The molecule has 0 bridgehead atoms. The van der Waals surface area contributed by atoms with E-state index in [0.717, 1.165) is 25.0 Å². The van der Waals surface area contributed by atoms with Crippen LogP contribution in [0, 0.1) is 10.8 Å². The summed E-state index contributed by atoms with van der Waals surface area (Å²) in [6.07, 6.45) is 13.2. The Morgan fingerprint density at radius 1 is 0.733 bits per heavy atom. The zero-order chi connectivity index (χ0) is 21.5. The Morgan fingerprint density at radius 3 is 1.47 bits per heavy atom. The Balaban J connectivity index is 1.42. The number of hydrogen-bond acceptors (Lipinski definition) is 4. The van der Waals surface area contributed by atoms with Gasteiger partial charge in [0.05, 0.1) is 0 Å². The van der Waals surface area contributed by atoms with Crippen LogP contribution in [0.5, 0.6) is 0 Å². The summed E-state index contributed by atoms with van der Waals surface area (Å²) in [6, 6.07) is 0.709. The Morgan fingerprint density at radius 2 is 1.13 bits per heavy atom. The van der Waals surface area contributed by atoms with Crippen LogP contribution in [0.25, 0.3) is 0 Å². The van der Waals surface area contributed by atoms with Crippen molar-refractivity contribution in [1.82, 2.24) is 10.6 Å². The normalized spacial score (nSPS) is 30.7. The van der Waals surface area contributed by atoms with Crippen LogP contribution in [-0.2, 0) is 9.47 Å². The van der Waals surface area contributed by atoms with Crippen LogP contribution in [-0.4, -0.2) is 51.6 Å². The van der Waals surface area contributed by atoms with Crippen molar-refractivity contribution in [3.05, 3.63) is 68.3 Å². The molecule has 0 saturated carbocycles. The molecule has 0 unspecified atom stereocenters. The van der Waals surface area contributed by atoms with Crippen LogP contribution < -0.4 is 10.6 Å². The average molecular weight is 538 g/mol. The van der Waals surface area contributed by atoms with Crippen molar-refractivity contribution in [3.8, 4) is 0 Å². The fraction of sp³-hybridized carbons (Fsp3) is 0.500. The predicted octanol–water partition coefficient (Wildman–Crippen LogP) is 3.71. The van der Waals surface area contributed by atoms with Crippen LogP contribution in [0.3, 0.4) is 0 Å². The van der Waals surface area contributed by atoms with Gasteiger partial charge in [-0.05, 0) is 0 Å². The SMILES string of the molecule is CC(C)(C)[C@H]1CO/C(=C2\C=CC=C2[Se][Se]C2=CC=C/C2=C2/N[C@@H](C(C)(C)C)CO2)N1. The van der Waals surface area contributed by atoms with Gasteiger partial charge in [0.2, 0.25) is 0 Å². The summed E-state index contributed by atoms with van der Waals surface area (Å²) >= 11 is 0.769. The molecular formula is C24H32N2O2Se2. The molecule has 0 spiro atoms. The van der Waals surface area contributed by atoms with Gasteiger partial charge in [-0.2, -0.15) is 0 Å². The minimum atomic E-state index is 0.185. The molecule has 0 aromatic rings. The second-order valence-corrected chi connectivity index (χ2v) is 16.4. The van der Waals surface area contributed by atoms with E-state index in [0.29, 0.717) is 38.3 Å². The second-order valence-electron chi connectivity index (χ2n) is 10.2. The molecule has 2 aliphatic heterocycles. The van der Waals surface area contributed by atoms with Gasteiger partial charge in [-0.3, -0.25) is 0 Å². The third-order valence-corrected chi connectivity index (χ3v) is 13.0. The number of allylic oxidation sites excluding steroid dienone is 10. The van der Waals surface area contributed by atoms with Gasteiger partial charge in [0.25, 0.3) is 0 Å². The third kappa shape index (κ3) is 4.62. The van der Waals surface area contributed by atoms with Crippen LogP contribution >= 0.6 is 0 Å². The third-order valence-electron chi connectivity index (χ3n) is 5.75. The maximum absolute atomic E-state index is 6.05. The fourth-order valence-electron chi connectivity index (χ4n) is 3.48. The topological polar surface area (TPSA) is 42.5 Å². The first-order chi connectivity index (χ1) is 14.1. The summed E-state index contributed by atoms with van der Waals surface area (Å²) < 4.78 is 14.9. The number of nitrogens with one attached hydrogen (secondary N) is 2. The van der Waals surface area contributed by atoms with E-state index < -0.39 is 0 Å². The van der Waals surface area contributed by atoms with Crippen molar-refractivity contribution in [3.63, 3.8) is 0 Å². The maximum atomic E-state index is 6.05. The molecule has 0 radical (unpaired) electrons. The van der Waals surface area contributed by atoms with Gasteiger partial charge in [0.15, 0.2) is 0 Å². The Kier molecular flexibility index (Phi) is 6.07. The Bertz CT molecular complexity index is 821. The van der Waals surface area contributed by atoms with E-state index in [1.54, 1.807) is 0 Å². The molecule has 0 aromatic carbocycles. The van der Waals surface area contributed by atoms with Gasteiger partial charge in [0.1, 0.15) is 0 Å². The Hall–Kier alpha value is -1.32. The van der Waals surface area contributed by atoms with Crippen molar-refractivity contribution in [2.24, 2.45) is 10.8 Å². The van der Waals surface area contributed by atoms with Crippen molar-refractivity contribution in [2.75, 3.05) is 13.2 Å². The van der Waals surface area contributed by atoms with E-state index in [4.69, 9.17) is 9.47 Å². The second kappa shape index (κ2) is 8.31. The molecule has 2 aliphatic carbocycles. The van der Waals surface area contributed by atoms with Crippen molar-refractivity contribution in [2.45, 2.75) is 53.6 Å². The Labute approximate surface area is 191 Å². The molecule has 6 heteroatoms. The number of hydrogen-bond donors (Lipinski definition) is 2. The molecule has 4 aliphatic rings. The molecule has 0 aromatic heterocycles. The summed E-state index contributed by atoms with van der Waals surface area (Å²) in [6.45, 7) is 15.0. The molecular weight excluding hydrogens is 506 g/mol. The zero-order valence-electron chi connectivity index (χ0n) is 18.7. The van der Waals surface area contributed by atoms with Crippen LogP contribution in [0.4, 0.5) is 0 Å². The van der Waals surface area contributed by atoms with Gasteiger partial charge < -0.3 is 0 Å². The fourth-order valence-corrected chi connectivity index (χ4v) is 10.6. The van der Waals surface area contributed by atoms with E-state index in [1.807, 2.05) is 0 Å².